The normalized spacial score (nSPS) is 14.3. The van der Waals surface area contributed by atoms with Gasteiger partial charge in [-0.05, 0) is 25.5 Å². The van der Waals surface area contributed by atoms with Gasteiger partial charge in [0.1, 0.15) is 5.65 Å². The lowest BCUT2D eigenvalue weighted by atomic mass is 9.97. The number of aliphatic hydroxyl groups excluding tert-OH is 1. The number of carbonyl (C=O) groups excluding carboxylic acids is 1. The number of rotatable bonds is 5. The molecule has 0 spiro atoms. The Hall–Kier alpha value is -1.88. The second kappa shape index (κ2) is 5.40. The number of aliphatic hydroxyl groups is 1. The van der Waals surface area contributed by atoms with Crippen molar-refractivity contribution in [1.82, 2.24) is 15.3 Å². The number of pyridine rings is 1. The van der Waals surface area contributed by atoms with Crippen molar-refractivity contribution < 1.29 is 9.90 Å². The molecule has 2 heterocycles. The molecule has 102 valence electrons. The van der Waals surface area contributed by atoms with Crippen LogP contribution in [0.1, 0.15) is 37.0 Å². The third-order valence-corrected chi connectivity index (χ3v) is 3.23. The molecule has 1 unspecified atom stereocenters. The van der Waals surface area contributed by atoms with Gasteiger partial charge >= 0.3 is 0 Å². The van der Waals surface area contributed by atoms with Gasteiger partial charge in [-0.1, -0.05) is 13.3 Å². The van der Waals surface area contributed by atoms with Crippen molar-refractivity contribution in [2.24, 2.45) is 0 Å². The van der Waals surface area contributed by atoms with Crippen LogP contribution in [0.5, 0.6) is 0 Å². The Balaban J connectivity index is 2.18. The van der Waals surface area contributed by atoms with Crippen LogP contribution in [0.2, 0.25) is 0 Å². The number of aromatic nitrogens is 2. The molecule has 0 aliphatic heterocycles. The molecule has 0 aliphatic rings. The minimum absolute atomic E-state index is 0.0770. The Morgan fingerprint density at radius 3 is 3.05 bits per heavy atom. The summed E-state index contributed by atoms with van der Waals surface area (Å²) in [5.74, 6) is -0.208. The molecule has 19 heavy (non-hydrogen) atoms. The molecule has 1 amide bonds. The predicted molar refractivity (Wildman–Crippen MR) is 74.0 cm³/mol. The topological polar surface area (TPSA) is 78.0 Å². The number of nitrogens with one attached hydrogen (secondary N) is 2. The summed E-state index contributed by atoms with van der Waals surface area (Å²) in [5, 5.41) is 13.2. The second-order valence-corrected chi connectivity index (χ2v) is 5.06. The molecule has 0 fully saturated rings. The molecular weight excluding hydrogens is 242 g/mol. The van der Waals surface area contributed by atoms with E-state index in [1.807, 2.05) is 19.9 Å². The van der Waals surface area contributed by atoms with Crippen molar-refractivity contribution >= 4 is 16.9 Å². The zero-order valence-corrected chi connectivity index (χ0v) is 11.2. The molecule has 2 rings (SSSR count). The highest BCUT2D eigenvalue weighted by Crippen LogP contribution is 2.15. The van der Waals surface area contributed by atoms with Crippen molar-refractivity contribution in [3.63, 3.8) is 0 Å². The Kier molecular flexibility index (Phi) is 3.85. The van der Waals surface area contributed by atoms with Gasteiger partial charge in [-0.3, -0.25) is 4.79 Å². The Morgan fingerprint density at radius 2 is 2.37 bits per heavy atom. The number of H-pyrrole nitrogens is 1. The number of fused-ring (bicyclic) bond motifs is 1. The average Bonchev–Trinajstić information content (AvgIpc) is 2.86. The number of aromatic amines is 1. The van der Waals surface area contributed by atoms with Crippen LogP contribution in [-0.2, 0) is 0 Å². The van der Waals surface area contributed by atoms with Crippen LogP contribution in [0.25, 0.3) is 11.0 Å². The van der Waals surface area contributed by atoms with Gasteiger partial charge in [0.15, 0.2) is 0 Å². The minimum Gasteiger partial charge on any atom is -0.394 e. The van der Waals surface area contributed by atoms with Gasteiger partial charge < -0.3 is 15.4 Å². The largest absolute Gasteiger partial charge is 0.394 e. The van der Waals surface area contributed by atoms with E-state index in [0.717, 1.165) is 23.9 Å². The highest BCUT2D eigenvalue weighted by molar-refractivity contribution is 5.97. The summed E-state index contributed by atoms with van der Waals surface area (Å²) in [6.45, 7) is 3.79. The number of carbonyl (C=O) groups is 1. The van der Waals surface area contributed by atoms with Crippen LogP contribution in [-0.4, -0.2) is 33.1 Å². The Labute approximate surface area is 112 Å². The van der Waals surface area contributed by atoms with Crippen LogP contribution >= 0.6 is 0 Å². The molecule has 0 aromatic carbocycles. The molecule has 0 bridgehead atoms. The third kappa shape index (κ3) is 2.93. The van der Waals surface area contributed by atoms with E-state index >= 15 is 0 Å². The summed E-state index contributed by atoms with van der Waals surface area (Å²) < 4.78 is 0. The van der Waals surface area contributed by atoms with Gasteiger partial charge in [0.25, 0.3) is 5.91 Å². The standard InChI is InChI=1S/C14H19N3O2/c1-3-5-14(2,9-18)17-13(19)11-7-10-4-6-15-12(10)16-8-11/h4,6-8,18H,3,5,9H2,1-2H3,(H,15,16)(H,17,19). The van der Waals surface area contributed by atoms with Crippen LogP contribution < -0.4 is 5.32 Å². The first-order valence-electron chi connectivity index (χ1n) is 6.44. The number of hydrogen-bond donors (Lipinski definition) is 3. The average molecular weight is 261 g/mol. The number of nitrogens with zero attached hydrogens (tertiary/aromatic N) is 1. The van der Waals surface area contributed by atoms with Crippen molar-refractivity contribution in [2.75, 3.05) is 6.61 Å². The predicted octanol–water partition coefficient (Wildman–Crippen LogP) is 1.84. The maximum atomic E-state index is 12.2. The Bertz CT molecular complexity index is 579. The lowest BCUT2D eigenvalue weighted by molar-refractivity contribution is 0.0840. The molecule has 5 heteroatoms. The van der Waals surface area contributed by atoms with Gasteiger partial charge in [-0.2, -0.15) is 0 Å². The van der Waals surface area contributed by atoms with E-state index in [-0.39, 0.29) is 12.5 Å². The third-order valence-electron chi connectivity index (χ3n) is 3.23. The fourth-order valence-electron chi connectivity index (χ4n) is 2.14. The number of amides is 1. The molecule has 0 saturated carbocycles. The zero-order valence-electron chi connectivity index (χ0n) is 11.2. The van der Waals surface area contributed by atoms with Crippen molar-refractivity contribution in [2.45, 2.75) is 32.2 Å². The first-order chi connectivity index (χ1) is 9.08. The fraction of sp³-hybridized carbons (Fsp3) is 0.429. The smallest absolute Gasteiger partial charge is 0.253 e. The van der Waals surface area contributed by atoms with Gasteiger partial charge in [-0.25, -0.2) is 4.98 Å². The SMILES string of the molecule is CCCC(C)(CO)NC(=O)c1cnc2[nH]ccc2c1. The first-order valence-corrected chi connectivity index (χ1v) is 6.44. The molecule has 0 aliphatic carbocycles. The number of hydrogen-bond acceptors (Lipinski definition) is 3. The van der Waals surface area contributed by atoms with Crippen molar-refractivity contribution in [3.05, 3.63) is 30.1 Å². The molecular formula is C14H19N3O2. The summed E-state index contributed by atoms with van der Waals surface area (Å²) in [6.07, 6.45) is 4.95. The van der Waals surface area contributed by atoms with Gasteiger partial charge in [0, 0.05) is 17.8 Å². The summed E-state index contributed by atoms with van der Waals surface area (Å²) in [6, 6.07) is 3.66. The maximum absolute atomic E-state index is 12.2. The molecule has 0 saturated heterocycles. The van der Waals surface area contributed by atoms with E-state index in [9.17, 15) is 9.90 Å². The molecule has 2 aromatic rings. The monoisotopic (exact) mass is 261 g/mol. The molecule has 0 radical (unpaired) electrons. The maximum Gasteiger partial charge on any atom is 0.253 e. The summed E-state index contributed by atoms with van der Waals surface area (Å²) in [5.41, 5.74) is 0.678. The van der Waals surface area contributed by atoms with Crippen LogP contribution in [0.3, 0.4) is 0 Å². The molecule has 2 aromatic heterocycles. The van der Waals surface area contributed by atoms with Gasteiger partial charge in [0.2, 0.25) is 0 Å². The summed E-state index contributed by atoms with van der Waals surface area (Å²) in [7, 11) is 0. The van der Waals surface area contributed by atoms with Crippen LogP contribution in [0.4, 0.5) is 0 Å². The molecule has 5 nitrogen and oxygen atoms in total. The fourth-order valence-corrected chi connectivity index (χ4v) is 2.14. The van der Waals surface area contributed by atoms with E-state index in [2.05, 4.69) is 15.3 Å². The lowest BCUT2D eigenvalue weighted by Crippen LogP contribution is -2.48. The lowest BCUT2D eigenvalue weighted by Gasteiger charge is -2.28. The van der Waals surface area contributed by atoms with E-state index in [1.54, 1.807) is 12.3 Å². The first kappa shape index (κ1) is 13.5. The molecule has 3 N–H and O–H groups in total. The van der Waals surface area contributed by atoms with Gasteiger partial charge in [0.05, 0.1) is 17.7 Å². The highest BCUT2D eigenvalue weighted by Gasteiger charge is 2.25. The van der Waals surface area contributed by atoms with E-state index in [0.29, 0.717) is 5.56 Å². The van der Waals surface area contributed by atoms with Gasteiger partial charge in [-0.15, -0.1) is 0 Å². The van der Waals surface area contributed by atoms with E-state index in [1.165, 1.54) is 6.20 Å². The van der Waals surface area contributed by atoms with E-state index < -0.39 is 5.54 Å². The van der Waals surface area contributed by atoms with Crippen LogP contribution in [0.15, 0.2) is 24.5 Å². The molecule has 1 atom stereocenters. The van der Waals surface area contributed by atoms with E-state index in [4.69, 9.17) is 0 Å². The van der Waals surface area contributed by atoms with Crippen molar-refractivity contribution in [1.29, 1.82) is 0 Å². The quantitative estimate of drug-likeness (QED) is 0.768. The minimum atomic E-state index is -0.584. The Morgan fingerprint density at radius 1 is 1.58 bits per heavy atom. The summed E-state index contributed by atoms with van der Waals surface area (Å²) >= 11 is 0. The zero-order chi connectivity index (χ0) is 13.9. The van der Waals surface area contributed by atoms with Crippen molar-refractivity contribution in [3.8, 4) is 0 Å². The van der Waals surface area contributed by atoms with Crippen LogP contribution in [0, 0.1) is 0 Å². The summed E-state index contributed by atoms with van der Waals surface area (Å²) in [4.78, 5) is 19.4. The highest BCUT2D eigenvalue weighted by atomic mass is 16.3. The second-order valence-electron chi connectivity index (χ2n) is 5.06.